The fourth-order valence-corrected chi connectivity index (χ4v) is 2.28. The average Bonchev–Trinajstić information content (AvgIpc) is 3.00. The van der Waals surface area contributed by atoms with Crippen molar-refractivity contribution in [2.45, 2.75) is 12.0 Å². The van der Waals surface area contributed by atoms with E-state index < -0.39 is 5.54 Å². The van der Waals surface area contributed by atoms with Crippen molar-refractivity contribution in [2.75, 3.05) is 0 Å². The Morgan fingerprint density at radius 2 is 2.00 bits per heavy atom. The zero-order chi connectivity index (χ0) is 13.3. The highest BCUT2D eigenvalue weighted by Crippen LogP contribution is 2.33. The van der Waals surface area contributed by atoms with Crippen molar-refractivity contribution in [3.8, 4) is 0 Å². The quantitative estimate of drug-likeness (QED) is 0.863. The number of carbonyl (C=O) groups is 1. The molecule has 5 heteroatoms. The van der Waals surface area contributed by atoms with Crippen LogP contribution in [0.4, 0.5) is 0 Å². The van der Waals surface area contributed by atoms with E-state index in [0.29, 0.717) is 12.2 Å². The number of carbonyl (C=O) groups excluding carboxylic acids is 1. The van der Waals surface area contributed by atoms with Gasteiger partial charge in [0.1, 0.15) is 5.76 Å². The van der Waals surface area contributed by atoms with Crippen LogP contribution in [0.3, 0.4) is 0 Å². The molecule has 3 rings (SSSR count). The Hall–Kier alpha value is -2.56. The second-order valence-corrected chi connectivity index (χ2v) is 4.45. The Morgan fingerprint density at radius 1 is 1.21 bits per heavy atom. The lowest BCUT2D eigenvalue weighted by Gasteiger charge is -2.20. The smallest absolute Gasteiger partial charge is 0.262 e. The van der Waals surface area contributed by atoms with Crippen molar-refractivity contribution < 1.29 is 9.21 Å². The van der Waals surface area contributed by atoms with Gasteiger partial charge in [0.05, 0.1) is 6.26 Å². The molecule has 1 aliphatic rings. The first-order valence-electron chi connectivity index (χ1n) is 5.95. The van der Waals surface area contributed by atoms with Crippen molar-refractivity contribution in [1.82, 2.24) is 5.32 Å². The Labute approximate surface area is 110 Å². The summed E-state index contributed by atoms with van der Waals surface area (Å²) in [6.45, 7) is 0. The van der Waals surface area contributed by atoms with Crippen molar-refractivity contribution in [3.63, 3.8) is 0 Å². The lowest BCUT2D eigenvalue weighted by molar-refractivity contribution is -0.124. The second kappa shape index (κ2) is 4.28. The summed E-state index contributed by atoms with van der Waals surface area (Å²) >= 11 is 0. The summed E-state index contributed by atoms with van der Waals surface area (Å²) in [5.74, 6) is 0.357. The molecule has 0 aliphatic carbocycles. The molecule has 1 amide bonds. The summed E-state index contributed by atoms with van der Waals surface area (Å²) < 4.78 is 5.39. The van der Waals surface area contributed by atoms with E-state index in [1.54, 1.807) is 12.1 Å². The summed E-state index contributed by atoms with van der Waals surface area (Å²) in [7, 11) is 0. The van der Waals surface area contributed by atoms with Gasteiger partial charge in [-0.05, 0) is 17.7 Å². The molecule has 1 aromatic heterocycles. The van der Waals surface area contributed by atoms with Crippen LogP contribution in [0.2, 0.25) is 0 Å². The highest BCUT2D eigenvalue weighted by atomic mass is 16.3. The minimum absolute atomic E-state index is 0.123. The lowest BCUT2D eigenvalue weighted by Crippen LogP contribution is -2.40. The summed E-state index contributed by atoms with van der Waals surface area (Å²) in [6, 6.07) is 13.1. The molecule has 1 aliphatic heterocycles. The predicted octanol–water partition coefficient (Wildman–Crippen LogP) is 1.16. The number of aliphatic imine (C=N–C) groups is 1. The fraction of sp³-hybridized carbons (Fsp3) is 0.143. The number of benzene rings is 1. The van der Waals surface area contributed by atoms with Gasteiger partial charge in [-0.3, -0.25) is 10.1 Å². The van der Waals surface area contributed by atoms with Gasteiger partial charge in [0.25, 0.3) is 5.91 Å². The monoisotopic (exact) mass is 255 g/mol. The van der Waals surface area contributed by atoms with E-state index in [-0.39, 0.29) is 11.9 Å². The first-order chi connectivity index (χ1) is 9.21. The molecule has 0 saturated heterocycles. The van der Waals surface area contributed by atoms with Crippen LogP contribution in [0.25, 0.3) is 0 Å². The zero-order valence-corrected chi connectivity index (χ0v) is 10.2. The summed E-state index contributed by atoms with van der Waals surface area (Å²) in [5.41, 5.74) is 5.53. The summed E-state index contributed by atoms with van der Waals surface area (Å²) in [5, 5.41) is 2.55. The molecular formula is C14H13N3O2. The van der Waals surface area contributed by atoms with E-state index in [1.807, 2.05) is 30.3 Å². The van der Waals surface area contributed by atoms with Crippen LogP contribution in [0, 0.1) is 0 Å². The van der Waals surface area contributed by atoms with Gasteiger partial charge in [-0.1, -0.05) is 30.3 Å². The van der Waals surface area contributed by atoms with E-state index in [1.165, 1.54) is 6.26 Å². The second-order valence-electron chi connectivity index (χ2n) is 4.45. The van der Waals surface area contributed by atoms with Crippen LogP contribution in [-0.4, -0.2) is 11.9 Å². The van der Waals surface area contributed by atoms with E-state index >= 15 is 0 Å². The minimum Gasteiger partial charge on any atom is -0.466 e. The molecule has 2 aromatic rings. The third-order valence-electron chi connectivity index (χ3n) is 3.16. The summed E-state index contributed by atoms with van der Waals surface area (Å²) in [4.78, 5) is 16.5. The number of furan rings is 1. The molecule has 0 unspecified atom stereocenters. The molecule has 0 fully saturated rings. The van der Waals surface area contributed by atoms with E-state index in [4.69, 9.17) is 10.2 Å². The topological polar surface area (TPSA) is 80.6 Å². The van der Waals surface area contributed by atoms with Crippen molar-refractivity contribution in [3.05, 3.63) is 60.1 Å². The number of rotatable bonds is 3. The van der Waals surface area contributed by atoms with Crippen LogP contribution < -0.4 is 11.1 Å². The van der Waals surface area contributed by atoms with Gasteiger partial charge in [0.15, 0.2) is 5.96 Å². The largest absolute Gasteiger partial charge is 0.466 e. The standard InChI is InChI=1S/C14H13N3O2/c15-13-16-12(18)14(17-13,11-7-4-8-19-11)9-10-5-2-1-3-6-10/h1-8H,9H2,(H3,15,16,17,18)/t14-/m1/s1. The highest BCUT2D eigenvalue weighted by molar-refractivity contribution is 6.07. The third kappa shape index (κ3) is 1.89. The highest BCUT2D eigenvalue weighted by Gasteiger charge is 2.47. The van der Waals surface area contributed by atoms with Crippen LogP contribution >= 0.6 is 0 Å². The van der Waals surface area contributed by atoms with Gasteiger partial charge in [-0.25, -0.2) is 4.99 Å². The van der Waals surface area contributed by atoms with E-state index in [0.717, 1.165) is 5.56 Å². The van der Waals surface area contributed by atoms with Gasteiger partial charge in [-0.15, -0.1) is 0 Å². The van der Waals surface area contributed by atoms with Crippen LogP contribution in [0.15, 0.2) is 58.1 Å². The molecule has 19 heavy (non-hydrogen) atoms. The van der Waals surface area contributed by atoms with Gasteiger partial charge >= 0.3 is 0 Å². The molecule has 0 saturated carbocycles. The molecular weight excluding hydrogens is 242 g/mol. The maximum Gasteiger partial charge on any atom is 0.262 e. The number of guanidine groups is 1. The van der Waals surface area contributed by atoms with E-state index in [9.17, 15) is 4.79 Å². The zero-order valence-electron chi connectivity index (χ0n) is 10.2. The van der Waals surface area contributed by atoms with Crippen molar-refractivity contribution in [1.29, 1.82) is 0 Å². The SMILES string of the molecule is NC1=N[C@](Cc2ccccc2)(c2ccco2)C(=O)N1. The lowest BCUT2D eigenvalue weighted by atomic mass is 9.88. The number of amides is 1. The first-order valence-corrected chi connectivity index (χ1v) is 5.95. The molecule has 1 atom stereocenters. The number of hydrogen-bond donors (Lipinski definition) is 2. The van der Waals surface area contributed by atoms with Crippen LogP contribution in [0.1, 0.15) is 11.3 Å². The molecule has 0 radical (unpaired) electrons. The molecule has 5 nitrogen and oxygen atoms in total. The summed E-state index contributed by atoms with van der Waals surface area (Å²) in [6.07, 6.45) is 1.94. The fourth-order valence-electron chi connectivity index (χ4n) is 2.28. The third-order valence-corrected chi connectivity index (χ3v) is 3.16. The average molecular weight is 255 g/mol. The first kappa shape index (κ1) is 11.5. The molecule has 0 spiro atoms. The number of hydrogen-bond acceptors (Lipinski definition) is 4. The van der Waals surface area contributed by atoms with Gasteiger partial charge in [0.2, 0.25) is 5.54 Å². The molecule has 0 bridgehead atoms. The minimum atomic E-state index is -1.10. The van der Waals surface area contributed by atoms with E-state index in [2.05, 4.69) is 10.3 Å². The predicted molar refractivity (Wildman–Crippen MR) is 70.3 cm³/mol. The van der Waals surface area contributed by atoms with Crippen LogP contribution in [-0.2, 0) is 16.8 Å². The Bertz CT molecular complexity index is 619. The van der Waals surface area contributed by atoms with Crippen molar-refractivity contribution in [2.24, 2.45) is 10.7 Å². The van der Waals surface area contributed by atoms with Gasteiger partial charge < -0.3 is 10.2 Å². The van der Waals surface area contributed by atoms with Gasteiger partial charge in [-0.2, -0.15) is 0 Å². The number of nitrogens with one attached hydrogen (secondary N) is 1. The number of nitrogens with two attached hydrogens (primary N) is 1. The molecule has 2 heterocycles. The Morgan fingerprint density at radius 3 is 2.58 bits per heavy atom. The van der Waals surface area contributed by atoms with Gasteiger partial charge in [0, 0.05) is 6.42 Å². The Balaban J connectivity index is 2.06. The van der Waals surface area contributed by atoms with Crippen molar-refractivity contribution >= 4 is 11.9 Å². The molecule has 3 N–H and O–H groups in total. The number of nitrogens with zero attached hydrogens (tertiary/aromatic N) is 1. The normalized spacial score (nSPS) is 22.1. The molecule has 1 aromatic carbocycles. The maximum absolute atomic E-state index is 12.2. The Kier molecular flexibility index (Phi) is 2.59. The molecule has 96 valence electrons. The van der Waals surface area contributed by atoms with Crippen LogP contribution in [0.5, 0.6) is 0 Å². The maximum atomic E-state index is 12.2.